The predicted octanol–water partition coefficient (Wildman–Crippen LogP) is 6.46. The monoisotopic (exact) mass is 504 g/mol. The molecule has 0 spiro atoms. The van der Waals surface area contributed by atoms with Crippen LogP contribution in [0.4, 0.5) is 0 Å². The van der Waals surface area contributed by atoms with Crippen LogP contribution in [0.15, 0.2) is 95.5 Å². The first kappa shape index (κ1) is 25.4. The fourth-order valence-electron chi connectivity index (χ4n) is 4.97. The maximum absolute atomic E-state index is 13.3. The maximum atomic E-state index is 13.3. The third-order valence-electron chi connectivity index (χ3n) is 7.06. The van der Waals surface area contributed by atoms with Crippen LogP contribution >= 0.6 is 0 Å². The largest absolute Gasteiger partial charge is 0.458 e. The molecule has 2 heterocycles. The predicted molar refractivity (Wildman–Crippen MR) is 150 cm³/mol. The number of nitrogens with one attached hydrogen (secondary N) is 1. The van der Waals surface area contributed by atoms with Crippen LogP contribution in [0.5, 0.6) is 0 Å². The average molecular weight is 505 g/mol. The van der Waals surface area contributed by atoms with Crippen molar-refractivity contribution in [1.29, 1.82) is 0 Å². The molecule has 2 aromatic heterocycles. The molecule has 192 valence electrons. The first-order chi connectivity index (χ1) is 18.2. The Bertz CT molecular complexity index is 1600. The van der Waals surface area contributed by atoms with Gasteiger partial charge in [-0.15, -0.1) is 0 Å². The number of furan rings is 1. The summed E-state index contributed by atoms with van der Waals surface area (Å²) in [6.45, 7) is 7.75. The number of aliphatic hydroxyl groups is 1. The number of carbonyl (C=O) groups is 1. The van der Waals surface area contributed by atoms with Gasteiger partial charge in [0.1, 0.15) is 16.9 Å². The number of benzene rings is 3. The molecule has 0 saturated heterocycles. The fourth-order valence-corrected chi connectivity index (χ4v) is 4.97. The molecular formula is C33H32N2O3. The lowest BCUT2D eigenvalue weighted by molar-refractivity contribution is -0.120. The molecule has 2 N–H and O–H groups in total. The molecule has 2 atom stereocenters. The van der Waals surface area contributed by atoms with Crippen molar-refractivity contribution in [2.45, 2.75) is 45.8 Å². The van der Waals surface area contributed by atoms with Crippen LogP contribution in [0.2, 0.25) is 0 Å². The number of hydrogen-bond donors (Lipinski definition) is 2. The van der Waals surface area contributed by atoms with Gasteiger partial charge in [0.25, 0.3) is 0 Å². The van der Waals surface area contributed by atoms with E-state index in [0.29, 0.717) is 16.9 Å². The van der Waals surface area contributed by atoms with E-state index in [1.165, 1.54) is 5.56 Å². The molecule has 0 fully saturated rings. The van der Waals surface area contributed by atoms with Crippen molar-refractivity contribution in [2.75, 3.05) is 0 Å². The molecule has 5 nitrogen and oxygen atoms in total. The Kier molecular flexibility index (Phi) is 6.87. The Balaban J connectivity index is 1.39. The zero-order valence-corrected chi connectivity index (χ0v) is 22.2. The summed E-state index contributed by atoms with van der Waals surface area (Å²) < 4.78 is 6.02. The second-order valence-electron chi connectivity index (χ2n) is 10.2. The van der Waals surface area contributed by atoms with Gasteiger partial charge in [-0.3, -0.25) is 9.78 Å². The molecule has 0 radical (unpaired) electrons. The molecule has 3 aromatic carbocycles. The van der Waals surface area contributed by atoms with Crippen molar-refractivity contribution in [3.63, 3.8) is 0 Å². The lowest BCUT2D eigenvalue weighted by atomic mass is 9.93. The molecule has 1 amide bonds. The number of rotatable bonds is 7. The molecular weight excluding hydrogens is 472 g/mol. The Morgan fingerprint density at radius 2 is 1.76 bits per heavy atom. The summed E-state index contributed by atoms with van der Waals surface area (Å²) in [7, 11) is 0. The van der Waals surface area contributed by atoms with Crippen LogP contribution in [0.25, 0.3) is 11.0 Å². The molecule has 0 bridgehead atoms. The van der Waals surface area contributed by atoms with Crippen LogP contribution < -0.4 is 5.32 Å². The minimum absolute atomic E-state index is 0.0684. The van der Waals surface area contributed by atoms with Crippen LogP contribution in [-0.2, 0) is 16.8 Å². The number of aryl methyl sites for hydroxylation is 3. The van der Waals surface area contributed by atoms with Crippen molar-refractivity contribution in [3.05, 3.63) is 136 Å². The van der Waals surface area contributed by atoms with Gasteiger partial charge in [0, 0.05) is 17.3 Å². The van der Waals surface area contributed by atoms with Gasteiger partial charge in [0.2, 0.25) is 5.91 Å². The van der Waals surface area contributed by atoms with E-state index in [0.717, 1.165) is 33.3 Å². The highest BCUT2D eigenvalue weighted by Crippen LogP contribution is 2.34. The average Bonchev–Trinajstić information content (AvgIpc) is 3.33. The van der Waals surface area contributed by atoms with E-state index in [9.17, 15) is 9.90 Å². The first-order valence-electron chi connectivity index (χ1n) is 12.8. The zero-order valence-electron chi connectivity index (χ0n) is 22.2. The number of hydrogen-bond acceptors (Lipinski definition) is 4. The number of amides is 1. The Hall–Kier alpha value is -4.22. The van der Waals surface area contributed by atoms with Crippen molar-refractivity contribution in [3.8, 4) is 0 Å². The van der Waals surface area contributed by atoms with Gasteiger partial charge in [-0.05, 0) is 85.8 Å². The number of aromatic nitrogens is 1. The fraction of sp³-hybridized carbons (Fsp3) is 0.212. The van der Waals surface area contributed by atoms with Crippen LogP contribution in [0, 0.1) is 20.8 Å². The minimum atomic E-state index is -1.31. The van der Waals surface area contributed by atoms with Gasteiger partial charge in [-0.25, -0.2) is 0 Å². The van der Waals surface area contributed by atoms with Crippen molar-refractivity contribution >= 4 is 16.9 Å². The highest BCUT2D eigenvalue weighted by atomic mass is 16.4. The molecule has 0 aliphatic rings. The summed E-state index contributed by atoms with van der Waals surface area (Å²) >= 11 is 0. The summed E-state index contributed by atoms with van der Waals surface area (Å²) in [6.07, 6.45) is 1.91. The second kappa shape index (κ2) is 10.3. The second-order valence-corrected chi connectivity index (χ2v) is 10.2. The highest BCUT2D eigenvalue weighted by Gasteiger charge is 2.30. The quantitative estimate of drug-likeness (QED) is 0.267. The van der Waals surface area contributed by atoms with Crippen LogP contribution in [0.3, 0.4) is 0 Å². The van der Waals surface area contributed by atoms with E-state index in [-0.39, 0.29) is 18.4 Å². The third kappa shape index (κ3) is 5.24. The van der Waals surface area contributed by atoms with Crippen molar-refractivity contribution in [2.24, 2.45) is 0 Å². The van der Waals surface area contributed by atoms with Gasteiger partial charge in [0.15, 0.2) is 0 Å². The van der Waals surface area contributed by atoms with E-state index in [2.05, 4.69) is 42.3 Å². The van der Waals surface area contributed by atoms with E-state index >= 15 is 0 Å². The van der Waals surface area contributed by atoms with Gasteiger partial charge in [-0.1, -0.05) is 60.2 Å². The number of nitrogens with zero attached hydrogens (tertiary/aromatic N) is 1. The third-order valence-corrected chi connectivity index (χ3v) is 7.06. The van der Waals surface area contributed by atoms with Crippen LogP contribution in [-0.4, -0.2) is 16.0 Å². The normalized spacial score (nSPS) is 13.7. The lowest BCUT2D eigenvalue weighted by Crippen LogP contribution is -2.31. The number of fused-ring (bicyclic) bond motifs is 1. The summed E-state index contributed by atoms with van der Waals surface area (Å²) in [5, 5.41) is 15.4. The van der Waals surface area contributed by atoms with Gasteiger partial charge >= 0.3 is 0 Å². The van der Waals surface area contributed by atoms with E-state index in [1.807, 2.05) is 67.6 Å². The molecule has 5 rings (SSSR count). The molecule has 2 unspecified atom stereocenters. The Morgan fingerprint density at radius 3 is 2.50 bits per heavy atom. The van der Waals surface area contributed by atoms with Gasteiger partial charge < -0.3 is 14.8 Å². The number of pyridine rings is 1. The SMILES string of the molecule is Cc1ccc(C(NC(=O)Cc2ccc3oc(C(C)(O)c4ccnc(C)c4)cc3c2)c2ccccc2)c(C)c1. The lowest BCUT2D eigenvalue weighted by Gasteiger charge is -2.22. The topological polar surface area (TPSA) is 75.4 Å². The summed E-state index contributed by atoms with van der Waals surface area (Å²) in [6, 6.07) is 27.3. The van der Waals surface area contributed by atoms with E-state index < -0.39 is 5.60 Å². The standard InChI is InChI=1S/C33H32N2O3/c1-21-10-12-28(22(2)16-21)32(25-8-6-5-7-9-25)35-31(36)19-24-11-13-29-26(18-24)20-30(38-29)33(4,37)27-14-15-34-23(3)17-27/h5-18,20,32,37H,19H2,1-4H3,(H,35,36). The summed E-state index contributed by atoms with van der Waals surface area (Å²) in [5.74, 6) is 0.375. The summed E-state index contributed by atoms with van der Waals surface area (Å²) in [5.41, 5.74) is 6.21. The van der Waals surface area contributed by atoms with Gasteiger partial charge in [-0.2, -0.15) is 0 Å². The smallest absolute Gasteiger partial charge is 0.225 e. The molecule has 0 saturated carbocycles. The molecule has 5 heteroatoms. The zero-order chi connectivity index (χ0) is 26.9. The minimum Gasteiger partial charge on any atom is -0.458 e. The van der Waals surface area contributed by atoms with E-state index in [1.54, 1.807) is 19.2 Å². The number of carbonyl (C=O) groups excluding carboxylic acids is 1. The van der Waals surface area contributed by atoms with Crippen LogP contribution in [0.1, 0.15) is 57.8 Å². The molecule has 0 aliphatic heterocycles. The summed E-state index contributed by atoms with van der Waals surface area (Å²) in [4.78, 5) is 17.5. The molecule has 38 heavy (non-hydrogen) atoms. The van der Waals surface area contributed by atoms with Crippen molar-refractivity contribution in [1.82, 2.24) is 10.3 Å². The van der Waals surface area contributed by atoms with E-state index in [4.69, 9.17) is 4.42 Å². The van der Waals surface area contributed by atoms with Crippen molar-refractivity contribution < 1.29 is 14.3 Å². The highest BCUT2D eigenvalue weighted by molar-refractivity contribution is 5.83. The molecule has 0 aliphatic carbocycles. The Morgan fingerprint density at radius 1 is 0.974 bits per heavy atom. The first-order valence-corrected chi connectivity index (χ1v) is 12.8. The van der Waals surface area contributed by atoms with Gasteiger partial charge in [0.05, 0.1) is 12.5 Å². The maximum Gasteiger partial charge on any atom is 0.225 e. The molecule has 5 aromatic rings. The Labute approximate surface area is 223 Å².